The van der Waals surface area contributed by atoms with Crippen LogP contribution in [0.5, 0.6) is 0 Å². The van der Waals surface area contributed by atoms with Gasteiger partial charge in [0, 0.05) is 38.3 Å². The standard InChI is InChI=1S/C25H44N14O8/c26-4-1-2-11(27)6-17(41)32-8-14-20(43)35-15(9-34-25(30)47)21(44)39-18(13-3-5-31-24(29)38-13)23(46)33-7-12(28)19(42)37-16(10-40)22(45)36-14/h9,11-14,16,18,40H,1-8,10,26-28H2,(H,32,41)(H,33,46)(H,35,43)(H,36,45)(H,37,42)(H,39,44)(H3,29,31,38)(H3,30,34,47)/t11-,12-,13+,14-,16-,18-/m0/s1. The molecule has 6 atom stereocenters. The summed E-state index contributed by atoms with van der Waals surface area (Å²) < 4.78 is 0. The zero-order valence-electron chi connectivity index (χ0n) is 25.5. The van der Waals surface area contributed by atoms with Crippen molar-refractivity contribution in [2.45, 2.75) is 61.9 Å². The van der Waals surface area contributed by atoms with Gasteiger partial charge in [-0.1, -0.05) is 0 Å². The number of nitrogens with two attached hydrogens (primary N) is 5. The van der Waals surface area contributed by atoms with Gasteiger partial charge in [-0.25, -0.2) is 4.79 Å². The molecular formula is C25H44N14O8. The van der Waals surface area contributed by atoms with Crippen LogP contribution in [0.2, 0.25) is 0 Å². The molecule has 2 aliphatic rings. The molecule has 0 radical (unpaired) electrons. The third-order valence-electron chi connectivity index (χ3n) is 6.90. The molecule has 19 N–H and O–H groups in total. The highest BCUT2D eigenvalue weighted by atomic mass is 16.3. The number of hydrogen-bond donors (Lipinski definition) is 14. The lowest BCUT2D eigenvalue weighted by Gasteiger charge is -2.31. The van der Waals surface area contributed by atoms with Crippen molar-refractivity contribution in [3.63, 3.8) is 0 Å². The number of aliphatic imine (C=N–C) groups is 1. The molecule has 0 aromatic rings. The lowest BCUT2D eigenvalue weighted by Crippen LogP contribution is -2.64. The van der Waals surface area contributed by atoms with E-state index >= 15 is 0 Å². The molecule has 0 aromatic heterocycles. The average Bonchev–Trinajstić information content (AvgIpc) is 3.02. The number of primary amides is 1. The minimum absolute atomic E-state index is 0.0120. The van der Waals surface area contributed by atoms with Crippen LogP contribution in [-0.2, 0) is 28.8 Å². The smallest absolute Gasteiger partial charge is 0.316 e. The summed E-state index contributed by atoms with van der Waals surface area (Å²) in [5.41, 5.74) is 27.6. The summed E-state index contributed by atoms with van der Waals surface area (Å²) >= 11 is 0. The third-order valence-corrected chi connectivity index (χ3v) is 6.90. The maximum atomic E-state index is 13.5. The molecule has 0 unspecified atom stereocenters. The van der Waals surface area contributed by atoms with E-state index in [2.05, 4.69) is 42.2 Å². The summed E-state index contributed by atoms with van der Waals surface area (Å²) in [5.74, 6) is -5.62. The number of urea groups is 1. The first-order valence-corrected chi connectivity index (χ1v) is 14.7. The number of nitrogens with zero attached hydrogens (tertiary/aromatic N) is 1. The molecule has 8 amide bonds. The fourth-order valence-electron chi connectivity index (χ4n) is 4.35. The lowest BCUT2D eigenvalue weighted by atomic mass is 10.0. The number of rotatable bonds is 10. The van der Waals surface area contributed by atoms with Crippen LogP contribution in [0.15, 0.2) is 16.9 Å². The molecule has 0 aromatic carbocycles. The molecule has 262 valence electrons. The average molecular weight is 669 g/mol. The third kappa shape index (κ3) is 12.7. The van der Waals surface area contributed by atoms with E-state index in [0.717, 1.165) is 6.20 Å². The highest BCUT2D eigenvalue weighted by Gasteiger charge is 2.35. The van der Waals surface area contributed by atoms with Gasteiger partial charge in [-0.05, 0) is 25.8 Å². The van der Waals surface area contributed by atoms with Crippen LogP contribution in [0.4, 0.5) is 4.79 Å². The van der Waals surface area contributed by atoms with E-state index in [1.807, 2.05) is 5.32 Å². The fourth-order valence-corrected chi connectivity index (χ4v) is 4.35. The number of carbonyl (C=O) groups excluding carboxylic acids is 7. The Kier molecular flexibility index (Phi) is 15.2. The van der Waals surface area contributed by atoms with Gasteiger partial charge in [0.15, 0.2) is 5.96 Å². The van der Waals surface area contributed by atoms with E-state index in [1.54, 1.807) is 0 Å². The van der Waals surface area contributed by atoms with E-state index in [0.29, 0.717) is 19.4 Å². The largest absolute Gasteiger partial charge is 0.394 e. The first-order chi connectivity index (χ1) is 22.2. The van der Waals surface area contributed by atoms with E-state index in [9.17, 15) is 38.7 Å². The Balaban J connectivity index is 2.45. The fraction of sp³-hybridized carbons (Fsp3) is 0.600. The van der Waals surface area contributed by atoms with Crippen LogP contribution in [0.25, 0.3) is 0 Å². The molecule has 1 fully saturated rings. The summed E-state index contributed by atoms with van der Waals surface area (Å²) in [6.45, 7) is -1.36. The molecule has 0 bridgehead atoms. The molecule has 22 heteroatoms. The monoisotopic (exact) mass is 668 g/mol. The quantitative estimate of drug-likeness (QED) is 0.0963. The van der Waals surface area contributed by atoms with Gasteiger partial charge >= 0.3 is 6.03 Å². The van der Waals surface area contributed by atoms with E-state index in [4.69, 9.17) is 28.7 Å². The van der Waals surface area contributed by atoms with Gasteiger partial charge in [0.2, 0.25) is 29.5 Å². The molecule has 0 saturated carbocycles. The highest BCUT2D eigenvalue weighted by Crippen LogP contribution is 2.07. The Labute approximate surface area is 269 Å². The number of aliphatic hydroxyl groups is 1. The topological polar surface area (TPSA) is 378 Å². The minimum Gasteiger partial charge on any atom is -0.394 e. The SMILES string of the molecule is NCCC[C@H](N)CC(=O)NC[C@@H]1NC(=O)[C@H](CO)NC(=O)[C@@H](N)CNC(=O)[C@H]([C@H]2CCN=C(N)N2)NC(=O)C(=CNC(N)=O)NC1=O. The van der Waals surface area contributed by atoms with E-state index in [1.165, 1.54) is 0 Å². The Bertz CT molecular complexity index is 1240. The zero-order valence-corrected chi connectivity index (χ0v) is 25.5. The van der Waals surface area contributed by atoms with Crippen molar-refractivity contribution < 1.29 is 38.7 Å². The molecule has 22 nitrogen and oxygen atoms in total. The number of hydrogen-bond acceptors (Lipinski definition) is 14. The minimum atomic E-state index is -1.63. The molecular weight excluding hydrogens is 624 g/mol. The number of nitrogens with one attached hydrogen (secondary N) is 8. The Morgan fingerprint density at radius 3 is 2.36 bits per heavy atom. The normalized spacial score (nSPS) is 26.3. The molecule has 0 spiro atoms. The van der Waals surface area contributed by atoms with Gasteiger partial charge in [-0.3, -0.25) is 33.8 Å². The van der Waals surface area contributed by atoms with Crippen LogP contribution in [0.3, 0.4) is 0 Å². The maximum Gasteiger partial charge on any atom is 0.316 e. The van der Waals surface area contributed by atoms with Crippen LogP contribution >= 0.6 is 0 Å². The van der Waals surface area contributed by atoms with Crippen molar-refractivity contribution in [2.24, 2.45) is 33.7 Å². The predicted octanol–water partition coefficient (Wildman–Crippen LogP) is -8.23. The van der Waals surface area contributed by atoms with Gasteiger partial charge < -0.3 is 76.3 Å². The van der Waals surface area contributed by atoms with Crippen molar-refractivity contribution >= 4 is 47.4 Å². The second-order valence-electron chi connectivity index (χ2n) is 10.7. The van der Waals surface area contributed by atoms with E-state index in [-0.39, 0.29) is 25.3 Å². The summed E-state index contributed by atoms with van der Waals surface area (Å²) in [4.78, 5) is 93.9. The second kappa shape index (κ2) is 18.8. The number of carbonyl (C=O) groups is 7. The molecule has 2 rings (SSSR count). The molecule has 2 heterocycles. The van der Waals surface area contributed by atoms with E-state index < -0.39 is 103 Å². The summed E-state index contributed by atoms with van der Waals surface area (Å²) in [6, 6.07) is -8.54. The number of aliphatic hydroxyl groups excluding tert-OH is 1. The Morgan fingerprint density at radius 2 is 1.72 bits per heavy atom. The summed E-state index contributed by atoms with van der Waals surface area (Å²) in [6.07, 6.45) is 1.86. The van der Waals surface area contributed by atoms with Crippen LogP contribution < -0.4 is 71.2 Å². The molecule has 1 saturated heterocycles. The first kappa shape index (κ1) is 38.1. The zero-order chi connectivity index (χ0) is 35.1. The van der Waals surface area contributed by atoms with Crippen molar-refractivity contribution in [1.82, 2.24) is 42.5 Å². The van der Waals surface area contributed by atoms with Gasteiger partial charge in [0.05, 0.1) is 12.6 Å². The van der Waals surface area contributed by atoms with Gasteiger partial charge in [0.25, 0.3) is 5.91 Å². The Hall–Kier alpha value is -5.06. The molecule has 2 aliphatic heterocycles. The molecule has 0 aliphatic carbocycles. The summed E-state index contributed by atoms with van der Waals surface area (Å²) in [7, 11) is 0. The van der Waals surface area contributed by atoms with Gasteiger partial charge in [0.1, 0.15) is 29.9 Å². The van der Waals surface area contributed by atoms with Crippen molar-refractivity contribution in [3.05, 3.63) is 11.9 Å². The second-order valence-corrected chi connectivity index (χ2v) is 10.7. The van der Waals surface area contributed by atoms with Gasteiger partial charge in [-0.15, -0.1) is 0 Å². The van der Waals surface area contributed by atoms with Gasteiger partial charge in [-0.2, -0.15) is 0 Å². The predicted molar refractivity (Wildman–Crippen MR) is 165 cm³/mol. The highest BCUT2D eigenvalue weighted by molar-refractivity contribution is 6.02. The maximum absolute atomic E-state index is 13.5. The summed E-state index contributed by atoms with van der Waals surface area (Å²) in [5, 5.41) is 28.7. The van der Waals surface area contributed by atoms with Crippen molar-refractivity contribution in [2.75, 3.05) is 32.8 Å². The van der Waals surface area contributed by atoms with Crippen molar-refractivity contribution in [3.8, 4) is 0 Å². The number of guanidine groups is 1. The molecule has 47 heavy (non-hydrogen) atoms. The van der Waals surface area contributed by atoms with Crippen LogP contribution in [0.1, 0.15) is 25.7 Å². The van der Waals surface area contributed by atoms with Crippen LogP contribution in [0, 0.1) is 0 Å². The lowest BCUT2D eigenvalue weighted by molar-refractivity contribution is -0.134. The Morgan fingerprint density at radius 1 is 1.02 bits per heavy atom. The van der Waals surface area contributed by atoms with Crippen LogP contribution in [-0.4, -0.2) is 122 Å². The number of amides is 8. The van der Waals surface area contributed by atoms with Crippen molar-refractivity contribution in [1.29, 1.82) is 0 Å². The first-order valence-electron chi connectivity index (χ1n) is 14.7.